The molecule has 0 radical (unpaired) electrons. The molecule has 3 nitrogen and oxygen atoms in total. The normalized spacial score (nSPS) is 25.4. The minimum Gasteiger partial charge on any atom is -0.389 e. The summed E-state index contributed by atoms with van der Waals surface area (Å²) in [5.74, 6) is 0. The lowest BCUT2D eigenvalue weighted by Gasteiger charge is -2.28. The largest absolute Gasteiger partial charge is 0.389 e. The third-order valence-corrected chi connectivity index (χ3v) is 5.29. The van der Waals surface area contributed by atoms with Gasteiger partial charge in [-0.1, -0.05) is 22.0 Å². The molecule has 0 spiro atoms. The molecule has 0 aliphatic carbocycles. The van der Waals surface area contributed by atoms with Crippen molar-refractivity contribution in [3.63, 3.8) is 0 Å². The van der Waals surface area contributed by atoms with E-state index in [0.29, 0.717) is 0 Å². The topological polar surface area (TPSA) is 26.7 Å². The molecule has 0 saturated carbocycles. The van der Waals surface area contributed by atoms with Crippen LogP contribution in [-0.4, -0.2) is 42.2 Å². The summed E-state index contributed by atoms with van der Waals surface area (Å²) in [6.07, 6.45) is 3.51. The van der Waals surface area contributed by atoms with Crippen molar-refractivity contribution in [2.75, 3.05) is 31.1 Å². The highest BCUT2D eigenvalue weighted by atomic mass is 79.9. The number of rotatable bonds is 2. The van der Waals surface area contributed by atoms with Crippen molar-refractivity contribution in [3.8, 4) is 0 Å². The predicted octanol–water partition coefficient (Wildman–Crippen LogP) is 3.18. The Morgan fingerprint density at radius 3 is 2.80 bits per heavy atom. The number of nitrogens with zero attached hydrogens (tertiary/aromatic N) is 2. The van der Waals surface area contributed by atoms with E-state index in [9.17, 15) is 5.11 Å². The second kappa shape index (κ2) is 6.04. The molecule has 0 amide bonds. The summed E-state index contributed by atoms with van der Waals surface area (Å²) >= 11 is 3.59. The van der Waals surface area contributed by atoms with Crippen LogP contribution in [-0.2, 0) is 0 Å². The van der Waals surface area contributed by atoms with Crippen LogP contribution in [0.15, 0.2) is 22.7 Å². The Morgan fingerprint density at radius 1 is 1.25 bits per heavy atom. The number of aliphatic hydroxyl groups excluding tert-OH is 1. The highest BCUT2D eigenvalue weighted by Crippen LogP contribution is 2.30. The van der Waals surface area contributed by atoms with Crippen molar-refractivity contribution < 1.29 is 5.11 Å². The minimum atomic E-state index is -0.423. The van der Waals surface area contributed by atoms with Gasteiger partial charge in [-0.15, -0.1) is 0 Å². The standard InChI is InChI=1S/C16H23BrN2O/c1-12(20)15-6-5-13(10-16(15)17)19-9-3-8-18-7-2-4-14(18)11-19/h5-6,10,12,14,20H,2-4,7-9,11H2,1H3. The van der Waals surface area contributed by atoms with E-state index in [0.717, 1.165) is 29.2 Å². The fraction of sp³-hybridized carbons (Fsp3) is 0.625. The molecule has 2 unspecified atom stereocenters. The lowest BCUT2D eigenvalue weighted by Crippen LogP contribution is -2.36. The van der Waals surface area contributed by atoms with Gasteiger partial charge in [0, 0.05) is 35.8 Å². The average molecular weight is 339 g/mol. The van der Waals surface area contributed by atoms with Gasteiger partial charge in [-0.05, 0) is 50.4 Å². The van der Waals surface area contributed by atoms with Crippen molar-refractivity contribution in [2.45, 2.75) is 38.3 Å². The van der Waals surface area contributed by atoms with E-state index in [-0.39, 0.29) is 0 Å². The molecule has 0 aromatic heterocycles. The Hall–Kier alpha value is -0.580. The third kappa shape index (κ3) is 2.87. The molecular weight excluding hydrogens is 316 g/mol. The molecule has 3 rings (SSSR count). The molecule has 2 saturated heterocycles. The Bertz CT molecular complexity index is 478. The van der Waals surface area contributed by atoms with Gasteiger partial charge in [-0.3, -0.25) is 4.90 Å². The fourth-order valence-electron chi connectivity index (χ4n) is 3.49. The molecule has 2 heterocycles. The maximum absolute atomic E-state index is 9.72. The maximum atomic E-state index is 9.72. The highest BCUT2D eigenvalue weighted by molar-refractivity contribution is 9.10. The number of benzene rings is 1. The molecule has 1 aromatic rings. The molecule has 20 heavy (non-hydrogen) atoms. The summed E-state index contributed by atoms with van der Waals surface area (Å²) < 4.78 is 1.01. The molecule has 2 aliphatic rings. The van der Waals surface area contributed by atoms with Crippen LogP contribution in [0.4, 0.5) is 5.69 Å². The zero-order chi connectivity index (χ0) is 14.1. The number of anilines is 1. The second-order valence-corrected chi connectivity index (χ2v) is 6.87. The van der Waals surface area contributed by atoms with Gasteiger partial charge < -0.3 is 10.0 Å². The molecule has 110 valence electrons. The first-order valence-electron chi connectivity index (χ1n) is 7.61. The molecule has 2 atom stereocenters. The molecule has 2 aliphatic heterocycles. The summed E-state index contributed by atoms with van der Waals surface area (Å²) in [6, 6.07) is 7.08. The number of hydrogen-bond acceptors (Lipinski definition) is 3. The number of hydrogen-bond donors (Lipinski definition) is 1. The summed E-state index contributed by atoms with van der Waals surface area (Å²) in [4.78, 5) is 5.16. The lowest BCUT2D eigenvalue weighted by atomic mass is 10.1. The van der Waals surface area contributed by atoms with Crippen molar-refractivity contribution in [2.24, 2.45) is 0 Å². The van der Waals surface area contributed by atoms with Crippen LogP contribution in [0, 0.1) is 0 Å². The van der Waals surface area contributed by atoms with Gasteiger partial charge in [0.05, 0.1) is 6.10 Å². The van der Waals surface area contributed by atoms with Gasteiger partial charge in [-0.25, -0.2) is 0 Å². The van der Waals surface area contributed by atoms with Crippen LogP contribution in [0.2, 0.25) is 0 Å². The molecule has 4 heteroatoms. The van der Waals surface area contributed by atoms with Gasteiger partial charge in [0.2, 0.25) is 0 Å². The van der Waals surface area contributed by atoms with Crippen LogP contribution in [0.5, 0.6) is 0 Å². The summed E-state index contributed by atoms with van der Waals surface area (Å²) in [6.45, 7) is 6.60. The average Bonchev–Trinajstić information content (AvgIpc) is 2.75. The smallest absolute Gasteiger partial charge is 0.0772 e. The maximum Gasteiger partial charge on any atom is 0.0772 e. The van der Waals surface area contributed by atoms with E-state index in [1.165, 1.54) is 38.0 Å². The Balaban J connectivity index is 1.79. The van der Waals surface area contributed by atoms with Crippen LogP contribution < -0.4 is 4.90 Å². The third-order valence-electron chi connectivity index (χ3n) is 4.60. The zero-order valence-electron chi connectivity index (χ0n) is 12.1. The van der Waals surface area contributed by atoms with E-state index in [1.807, 2.05) is 13.0 Å². The van der Waals surface area contributed by atoms with Crippen LogP contribution in [0.3, 0.4) is 0 Å². The lowest BCUT2D eigenvalue weighted by molar-refractivity contribution is 0.198. The van der Waals surface area contributed by atoms with Gasteiger partial charge in [0.15, 0.2) is 0 Å². The summed E-state index contributed by atoms with van der Waals surface area (Å²) in [7, 11) is 0. The van der Waals surface area contributed by atoms with Crippen molar-refractivity contribution in [1.29, 1.82) is 0 Å². The van der Waals surface area contributed by atoms with E-state index < -0.39 is 6.10 Å². The van der Waals surface area contributed by atoms with E-state index >= 15 is 0 Å². The monoisotopic (exact) mass is 338 g/mol. The van der Waals surface area contributed by atoms with Crippen LogP contribution in [0.25, 0.3) is 0 Å². The fourth-order valence-corrected chi connectivity index (χ4v) is 4.19. The molecule has 2 fully saturated rings. The summed E-state index contributed by atoms with van der Waals surface area (Å²) in [5, 5.41) is 9.72. The first kappa shape index (κ1) is 14.4. The van der Waals surface area contributed by atoms with Crippen molar-refractivity contribution >= 4 is 21.6 Å². The van der Waals surface area contributed by atoms with Crippen molar-refractivity contribution in [3.05, 3.63) is 28.2 Å². The summed E-state index contributed by atoms with van der Waals surface area (Å²) in [5.41, 5.74) is 2.24. The highest BCUT2D eigenvalue weighted by Gasteiger charge is 2.28. The Morgan fingerprint density at radius 2 is 2.05 bits per heavy atom. The molecule has 1 aromatic carbocycles. The quantitative estimate of drug-likeness (QED) is 0.897. The number of fused-ring (bicyclic) bond motifs is 1. The molecule has 0 bridgehead atoms. The number of halogens is 1. The van der Waals surface area contributed by atoms with E-state index in [1.54, 1.807) is 0 Å². The first-order chi connectivity index (χ1) is 9.65. The zero-order valence-corrected chi connectivity index (χ0v) is 13.6. The first-order valence-corrected chi connectivity index (χ1v) is 8.41. The Labute approximate surface area is 129 Å². The SMILES string of the molecule is CC(O)c1ccc(N2CCCN3CCCC3C2)cc1Br. The number of aliphatic hydroxyl groups is 1. The van der Waals surface area contributed by atoms with Gasteiger partial charge in [0.25, 0.3) is 0 Å². The van der Waals surface area contributed by atoms with Crippen LogP contribution >= 0.6 is 15.9 Å². The van der Waals surface area contributed by atoms with E-state index in [4.69, 9.17) is 0 Å². The second-order valence-electron chi connectivity index (χ2n) is 6.01. The van der Waals surface area contributed by atoms with Gasteiger partial charge in [-0.2, -0.15) is 0 Å². The Kier molecular flexibility index (Phi) is 4.34. The van der Waals surface area contributed by atoms with Gasteiger partial charge >= 0.3 is 0 Å². The van der Waals surface area contributed by atoms with Gasteiger partial charge in [0.1, 0.15) is 0 Å². The minimum absolute atomic E-state index is 0.423. The predicted molar refractivity (Wildman–Crippen MR) is 86.2 cm³/mol. The van der Waals surface area contributed by atoms with Crippen molar-refractivity contribution in [1.82, 2.24) is 4.90 Å². The van der Waals surface area contributed by atoms with Crippen LogP contribution in [0.1, 0.15) is 37.9 Å². The molecular formula is C16H23BrN2O. The van der Waals surface area contributed by atoms with E-state index in [2.05, 4.69) is 37.9 Å². The molecule has 1 N–H and O–H groups in total.